The topological polar surface area (TPSA) is 237 Å². The smallest absolute Gasteiger partial charge is 0.462 e. The fourth-order valence-corrected chi connectivity index (χ4v) is 15.5. The van der Waals surface area contributed by atoms with Crippen molar-refractivity contribution in [1.82, 2.24) is 0 Å². The molecule has 108 heavy (non-hydrogen) atoms. The molecule has 0 spiro atoms. The first-order chi connectivity index (χ1) is 52.4. The molecule has 0 heterocycles. The van der Waals surface area contributed by atoms with Gasteiger partial charge in [0.05, 0.1) is 26.4 Å². The number of esters is 4. The third kappa shape index (κ3) is 80.7. The Balaban J connectivity index is 5.22. The average Bonchev–Trinajstić information content (AvgIpc) is 0.899. The lowest BCUT2D eigenvalue weighted by Gasteiger charge is -2.21. The lowest BCUT2D eigenvalue weighted by atomic mass is 9.99. The third-order valence-electron chi connectivity index (χ3n) is 21.3. The molecule has 0 saturated carbocycles. The second-order valence-electron chi connectivity index (χ2n) is 32.7. The highest BCUT2D eigenvalue weighted by Crippen LogP contribution is 2.45. The van der Waals surface area contributed by atoms with Crippen LogP contribution in [0.3, 0.4) is 0 Å². The minimum Gasteiger partial charge on any atom is -0.462 e. The van der Waals surface area contributed by atoms with Gasteiger partial charge in [-0.05, 0) is 37.5 Å². The normalized spacial score (nSPS) is 14.0. The van der Waals surface area contributed by atoms with E-state index in [4.69, 9.17) is 37.0 Å². The van der Waals surface area contributed by atoms with Gasteiger partial charge < -0.3 is 33.8 Å². The largest absolute Gasteiger partial charge is 0.472 e. The quantitative estimate of drug-likeness (QED) is 0.0222. The lowest BCUT2D eigenvalue weighted by molar-refractivity contribution is -0.161. The fourth-order valence-electron chi connectivity index (χ4n) is 13.9. The standard InChI is InChI=1S/C89H174O17P2/c1-7-10-12-14-16-18-20-21-22-23-24-28-31-37-42-48-54-60-66-72-87(92)100-78-85(106-88(93)73-67-61-55-49-43-38-32-29-26-25-27-30-36-41-46-52-58-64-70-82(6)9-3)80-104-108(97,98)102-76-83(90)75-101-107(95,96)103-79-84(77-99-86(91)71-65-59-53-47-19-17-15-13-11-8-2)105-89(94)74-68-62-56-50-44-39-34-33-35-40-45-51-57-63-69-81(4)5/h81-85,90H,7-80H2,1-6H3,(H,95,96)(H,97,98)/t82?,83-,84+,85+/m0/s1. The first-order valence-electron chi connectivity index (χ1n) is 46.0. The number of aliphatic hydroxyl groups excluding tert-OH is 1. The van der Waals surface area contributed by atoms with Crippen molar-refractivity contribution >= 4 is 39.5 Å². The summed E-state index contributed by atoms with van der Waals surface area (Å²) in [6.07, 6.45) is 73.6. The molecule has 0 rings (SSSR count). The van der Waals surface area contributed by atoms with E-state index in [0.717, 1.165) is 102 Å². The summed E-state index contributed by atoms with van der Waals surface area (Å²) in [5.41, 5.74) is 0. The summed E-state index contributed by atoms with van der Waals surface area (Å²) >= 11 is 0. The van der Waals surface area contributed by atoms with Gasteiger partial charge in [-0.2, -0.15) is 0 Å². The monoisotopic (exact) mass is 1580 g/mol. The number of carbonyl (C=O) groups is 4. The number of hydrogen-bond acceptors (Lipinski definition) is 15. The SMILES string of the molecule is CCCCCCCCCCCCCCCCCCCCCC(=O)OC[C@H](COP(=O)(O)OC[C@@H](O)COP(=O)(O)OC[C@@H](COC(=O)CCCCCCCCCCCC)OC(=O)CCCCCCCCCCCCCCCCC(C)C)OC(=O)CCCCCCCCCCCCCCCCCCCCC(C)CC. The van der Waals surface area contributed by atoms with Crippen molar-refractivity contribution in [3.05, 3.63) is 0 Å². The van der Waals surface area contributed by atoms with Crippen LogP contribution in [0, 0.1) is 11.8 Å². The van der Waals surface area contributed by atoms with Crippen LogP contribution in [0.25, 0.3) is 0 Å². The molecule has 6 atom stereocenters. The molecule has 17 nitrogen and oxygen atoms in total. The number of ether oxygens (including phenoxy) is 4. The lowest BCUT2D eigenvalue weighted by Crippen LogP contribution is -2.30. The summed E-state index contributed by atoms with van der Waals surface area (Å²) in [6, 6.07) is 0. The zero-order valence-electron chi connectivity index (χ0n) is 71.2. The number of aliphatic hydroxyl groups is 1. The van der Waals surface area contributed by atoms with Gasteiger partial charge in [-0.15, -0.1) is 0 Å². The van der Waals surface area contributed by atoms with E-state index in [-0.39, 0.29) is 25.7 Å². The molecule has 0 bridgehead atoms. The first-order valence-corrected chi connectivity index (χ1v) is 49.0. The van der Waals surface area contributed by atoms with Crippen LogP contribution in [0.1, 0.15) is 478 Å². The number of carbonyl (C=O) groups excluding carboxylic acids is 4. The number of unbranched alkanes of at least 4 members (excludes halogenated alkanes) is 57. The molecule has 0 aromatic rings. The summed E-state index contributed by atoms with van der Waals surface area (Å²) in [4.78, 5) is 73.3. The Hall–Kier alpha value is -1.94. The number of rotatable bonds is 88. The molecular weight excluding hydrogens is 1400 g/mol. The average molecular weight is 1580 g/mol. The molecule has 0 aliphatic carbocycles. The molecule has 0 fully saturated rings. The molecule has 642 valence electrons. The Morgan fingerprint density at radius 3 is 0.704 bits per heavy atom. The molecule has 3 N–H and O–H groups in total. The predicted octanol–water partition coefficient (Wildman–Crippen LogP) is 27.4. The molecule has 0 aromatic heterocycles. The zero-order valence-corrected chi connectivity index (χ0v) is 73.0. The van der Waals surface area contributed by atoms with Crippen LogP contribution in [-0.2, 0) is 65.4 Å². The van der Waals surface area contributed by atoms with E-state index in [1.807, 2.05) is 0 Å². The highest BCUT2D eigenvalue weighted by molar-refractivity contribution is 7.47. The molecule has 0 radical (unpaired) electrons. The molecule has 0 aromatic carbocycles. The summed E-state index contributed by atoms with van der Waals surface area (Å²) in [6.45, 7) is 9.77. The maximum Gasteiger partial charge on any atom is 0.472 e. The van der Waals surface area contributed by atoms with Gasteiger partial charge >= 0.3 is 39.5 Å². The van der Waals surface area contributed by atoms with Crippen LogP contribution in [0.15, 0.2) is 0 Å². The Morgan fingerprint density at radius 2 is 0.472 bits per heavy atom. The minimum atomic E-state index is -4.97. The van der Waals surface area contributed by atoms with Crippen LogP contribution in [0.4, 0.5) is 0 Å². The summed E-state index contributed by atoms with van der Waals surface area (Å²) < 4.78 is 69.0. The van der Waals surface area contributed by atoms with E-state index >= 15 is 0 Å². The fraction of sp³-hybridized carbons (Fsp3) is 0.955. The highest BCUT2D eigenvalue weighted by atomic mass is 31.2. The molecule has 0 amide bonds. The Bertz CT molecular complexity index is 2070. The molecular formula is C89H174O17P2. The van der Waals surface area contributed by atoms with Gasteiger partial charge in [-0.3, -0.25) is 37.3 Å². The molecule has 0 saturated heterocycles. The van der Waals surface area contributed by atoms with Crippen LogP contribution < -0.4 is 0 Å². The van der Waals surface area contributed by atoms with E-state index in [1.54, 1.807) is 0 Å². The molecule has 19 heteroatoms. The van der Waals surface area contributed by atoms with Crippen molar-refractivity contribution in [3.8, 4) is 0 Å². The van der Waals surface area contributed by atoms with Crippen LogP contribution in [0.2, 0.25) is 0 Å². The number of phosphoric acid groups is 2. The van der Waals surface area contributed by atoms with Gasteiger partial charge in [0.25, 0.3) is 0 Å². The van der Waals surface area contributed by atoms with Crippen molar-refractivity contribution in [1.29, 1.82) is 0 Å². The third-order valence-corrected chi connectivity index (χ3v) is 23.2. The Morgan fingerprint density at radius 1 is 0.269 bits per heavy atom. The van der Waals surface area contributed by atoms with Gasteiger partial charge in [0.15, 0.2) is 12.2 Å². The summed E-state index contributed by atoms with van der Waals surface area (Å²) in [5, 5.41) is 10.7. The van der Waals surface area contributed by atoms with E-state index in [2.05, 4.69) is 41.5 Å². The predicted molar refractivity (Wildman–Crippen MR) is 446 cm³/mol. The molecule has 0 aliphatic rings. The van der Waals surface area contributed by atoms with Crippen molar-refractivity contribution in [2.45, 2.75) is 496 Å². The van der Waals surface area contributed by atoms with Gasteiger partial charge in [-0.25, -0.2) is 9.13 Å². The minimum absolute atomic E-state index is 0.108. The van der Waals surface area contributed by atoms with Gasteiger partial charge in [0.1, 0.15) is 19.3 Å². The van der Waals surface area contributed by atoms with Crippen molar-refractivity contribution in [3.63, 3.8) is 0 Å². The van der Waals surface area contributed by atoms with Gasteiger partial charge in [0.2, 0.25) is 0 Å². The zero-order chi connectivity index (χ0) is 79.2. The maximum atomic E-state index is 13.2. The second kappa shape index (κ2) is 80.3. The van der Waals surface area contributed by atoms with E-state index in [9.17, 15) is 43.2 Å². The van der Waals surface area contributed by atoms with Crippen LogP contribution in [-0.4, -0.2) is 96.7 Å². The van der Waals surface area contributed by atoms with E-state index < -0.39 is 97.5 Å². The molecule has 3 unspecified atom stereocenters. The van der Waals surface area contributed by atoms with Crippen molar-refractivity contribution in [2.75, 3.05) is 39.6 Å². The van der Waals surface area contributed by atoms with Crippen molar-refractivity contribution in [2.24, 2.45) is 11.8 Å². The van der Waals surface area contributed by atoms with Gasteiger partial charge in [0, 0.05) is 25.7 Å². The summed E-state index contributed by atoms with van der Waals surface area (Å²) in [7, 11) is -9.93. The first kappa shape index (κ1) is 106. The maximum absolute atomic E-state index is 13.2. The van der Waals surface area contributed by atoms with Crippen molar-refractivity contribution < 1.29 is 80.2 Å². The number of phosphoric ester groups is 2. The van der Waals surface area contributed by atoms with E-state index in [1.165, 1.54) is 295 Å². The Labute approximate surface area is 664 Å². The van der Waals surface area contributed by atoms with Crippen LogP contribution >= 0.6 is 15.6 Å². The highest BCUT2D eigenvalue weighted by Gasteiger charge is 2.31. The Kier molecular flexibility index (Phi) is 78.8. The molecule has 0 aliphatic heterocycles. The van der Waals surface area contributed by atoms with Crippen LogP contribution in [0.5, 0.6) is 0 Å². The summed E-state index contributed by atoms with van der Waals surface area (Å²) in [5.74, 6) is -0.432. The number of hydrogen-bond donors (Lipinski definition) is 3. The van der Waals surface area contributed by atoms with E-state index in [0.29, 0.717) is 25.7 Å². The second-order valence-corrected chi connectivity index (χ2v) is 35.6. The van der Waals surface area contributed by atoms with Gasteiger partial charge in [-0.1, -0.05) is 427 Å².